The van der Waals surface area contributed by atoms with E-state index in [9.17, 15) is 17.7 Å². The fraction of sp³-hybridized carbons (Fsp3) is 0.235. The number of esters is 1. The Morgan fingerprint density at radius 1 is 1.12 bits per heavy atom. The van der Waals surface area contributed by atoms with Crippen molar-refractivity contribution in [2.24, 2.45) is 0 Å². The van der Waals surface area contributed by atoms with Gasteiger partial charge in [0, 0.05) is 6.92 Å². The summed E-state index contributed by atoms with van der Waals surface area (Å²) in [6.45, 7) is 2.57. The first-order chi connectivity index (χ1) is 11.3. The lowest BCUT2D eigenvalue weighted by atomic mass is 10.1. The number of carbonyl (C=O) groups is 1. The van der Waals surface area contributed by atoms with Gasteiger partial charge in [-0.05, 0) is 29.1 Å². The quantitative estimate of drug-likeness (QED) is 0.592. The SMILES string of the molecule is CC(=O)OC[C@@H](c1ccccc1)N(F)S(=O)(=O)c1ccc(C)cc1. The molecule has 0 aliphatic heterocycles. The summed E-state index contributed by atoms with van der Waals surface area (Å²) < 4.78 is 44.4. The fourth-order valence-corrected chi connectivity index (χ4v) is 3.32. The number of benzene rings is 2. The second-order valence-electron chi connectivity index (χ2n) is 5.29. The van der Waals surface area contributed by atoms with Crippen LogP contribution in [0.1, 0.15) is 24.1 Å². The Labute approximate surface area is 140 Å². The van der Waals surface area contributed by atoms with E-state index < -0.39 is 28.6 Å². The summed E-state index contributed by atoms with van der Waals surface area (Å²) >= 11 is 0. The maximum atomic E-state index is 14.8. The molecule has 0 unspecified atom stereocenters. The predicted molar refractivity (Wildman–Crippen MR) is 87.1 cm³/mol. The lowest BCUT2D eigenvalue weighted by Crippen LogP contribution is -2.31. The van der Waals surface area contributed by atoms with Gasteiger partial charge in [-0.2, -0.15) is 0 Å². The molecule has 0 aliphatic carbocycles. The zero-order valence-corrected chi connectivity index (χ0v) is 14.2. The van der Waals surface area contributed by atoms with Gasteiger partial charge in [-0.3, -0.25) is 4.79 Å². The Hall–Kier alpha value is -2.25. The van der Waals surface area contributed by atoms with Crippen LogP contribution >= 0.6 is 0 Å². The van der Waals surface area contributed by atoms with Crippen LogP contribution in [0, 0.1) is 6.92 Å². The Balaban J connectivity index is 2.37. The highest BCUT2D eigenvalue weighted by Crippen LogP contribution is 2.28. The van der Waals surface area contributed by atoms with Crippen molar-refractivity contribution in [2.45, 2.75) is 24.8 Å². The lowest BCUT2D eigenvalue weighted by molar-refractivity contribution is -0.143. The Morgan fingerprint density at radius 3 is 2.25 bits per heavy atom. The highest BCUT2D eigenvalue weighted by molar-refractivity contribution is 7.89. The van der Waals surface area contributed by atoms with Gasteiger partial charge in [0.15, 0.2) is 0 Å². The minimum absolute atomic E-state index is 0.167. The van der Waals surface area contributed by atoms with E-state index in [1.54, 1.807) is 49.4 Å². The minimum atomic E-state index is -4.38. The molecule has 0 spiro atoms. The van der Waals surface area contributed by atoms with E-state index in [0.717, 1.165) is 5.56 Å². The number of hydrogen-bond acceptors (Lipinski definition) is 4. The molecular weight excluding hydrogens is 333 g/mol. The molecule has 2 aromatic carbocycles. The van der Waals surface area contributed by atoms with Gasteiger partial charge >= 0.3 is 5.97 Å². The molecule has 2 aromatic rings. The standard InChI is InChI=1S/C17H18FNO4S/c1-13-8-10-16(11-9-13)24(21,22)19(18)17(12-23-14(2)20)15-6-4-3-5-7-15/h3-11,17H,12H2,1-2H3/t17-/m0/s1. The van der Waals surface area contributed by atoms with Crippen LogP contribution in [-0.4, -0.2) is 25.5 Å². The first-order valence-corrected chi connectivity index (χ1v) is 8.71. The average Bonchev–Trinajstić information content (AvgIpc) is 2.56. The molecular formula is C17H18FNO4S. The largest absolute Gasteiger partial charge is 0.464 e. The molecule has 2 rings (SSSR count). The summed E-state index contributed by atoms with van der Waals surface area (Å²) in [5.74, 6) is -0.614. The number of carbonyl (C=O) groups excluding carboxylic acids is 1. The van der Waals surface area contributed by atoms with E-state index in [4.69, 9.17) is 4.74 Å². The molecule has 0 aliphatic rings. The molecule has 0 saturated heterocycles. The molecule has 0 bridgehead atoms. The van der Waals surface area contributed by atoms with Crippen molar-refractivity contribution < 1.29 is 22.4 Å². The van der Waals surface area contributed by atoms with Crippen LogP contribution in [0.2, 0.25) is 0 Å². The highest BCUT2D eigenvalue weighted by atomic mass is 32.2. The van der Waals surface area contributed by atoms with Gasteiger partial charge < -0.3 is 4.74 Å². The molecule has 128 valence electrons. The number of ether oxygens (including phenoxy) is 1. The van der Waals surface area contributed by atoms with Crippen LogP contribution in [0.4, 0.5) is 4.48 Å². The summed E-state index contributed by atoms with van der Waals surface area (Å²) in [4.78, 5) is 10.9. The molecule has 0 radical (unpaired) electrons. The first kappa shape index (κ1) is 18.1. The van der Waals surface area contributed by atoms with E-state index >= 15 is 0 Å². The maximum absolute atomic E-state index is 14.8. The van der Waals surface area contributed by atoms with Gasteiger partial charge in [0.1, 0.15) is 12.6 Å². The lowest BCUT2D eigenvalue weighted by Gasteiger charge is -2.23. The summed E-state index contributed by atoms with van der Waals surface area (Å²) in [7, 11) is -4.38. The summed E-state index contributed by atoms with van der Waals surface area (Å²) in [5, 5.41) is 0. The van der Waals surface area contributed by atoms with Crippen LogP contribution in [-0.2, 0) is 19.6 Å². The van der Waals surface area contributed by atoms with Crippen molar-refractivity contribution in [3.8, 4) is 0 Å². The molecule has 5 nitrogen and oxygen atoms in total. The third-order valence-electron chi connectivity index (χ3n) is 3.42. The monoisotopic (exact) mass is 351 g/mol. The van der Waals surface area contributed by atoms with Gasteiger partial charge in [0.05, 0.1) is 4.90 Å². The van der Waals surface area contributed by atoms with Crippen LogP contribution in [0.15, 0.2) is 59.5 Å². The van der Waals surface area contributed by atoms with Gasteiger partial charge in [-0.15, -0.1) is 4.48 Å². The summed E-state index contributed by atoms with van der Waals surface area (Å²) in [5.41, 5.74) is 1.25. The minimum Gasteiger partial charge on any atom is -0.464 e. The van der Waals surface area contributed by atoms with E-state index in [-0.39, 0.29) is 9.42 Å². The average molecular weight is 351 g/mol. The number of aryl methyl sites for hydroxylation is 1. The zero-order chi connectivity index (χ0) is 17.7. The van der Waals surface area contributed by atoms with Crippen molar-refractivity contribution in [3.05, 3.63) is 65.7 Å². The second-order valence-corrected chi connectivity index (χ2v) is 7.06. The number of rotatable bonds is 6. The van der Waals surface area contributed by atoms with Crippen molar-refractivity contribution in [1.82, 2.24) is 4.53 Å². The summed E-state index contributed by atoms with van der Waals surface area (Å²) in [6.07, 6.45) is 0. The number of sulfonamides is 1. The number of halogens is 1. The van der Waals surface area contributed by atoms with Crippen molar-refractivity contribution in [1.29, 1.82) is 0 Å². The van der Waals surface area contributed by atoms with Crippen molar-refractivity contribution in [3.63, 3.8) is 0 Å². The number of hydrogen-bond donors (Lipinski definition) is 0. The summed E-state index contributed by atoms with van der Waals surface area (Å²) in [6, 6.07) is 12.8. The van der Waals surface area contributed by atoms with Gasteiger partial charge in [-0.25, -0.2) is 8.42 Å². The van der Waals surface area contributed by atoms with Gasteiger partial charge in [-0.1, -0.05) is 48.0 Å². The molecule has 0 aromatic heterocycles. The Bertz CT molecular complexity index is 791. The third-order valence-corrected chi connectivity index (χ3v) is 5.00. The van der Waals surface area contributed by atoms with Crippen LogP contribution in [0.3, 0.4) is 0 Å². The van der Waals surface area contributed by atoms with Gasteiger partial charge in [0.2, 0.25) is 0 Å². The second kappa shape index (κ2) is 7.55. The van der Waals surface area contributed by atoms with E-state index in [0.29, 0.717) is 5.56 Å². The molecule has 0 amide bonds. The first-order valence-electron chi connectivity index (χ1n) is 7.27. The molecule has 0 saturated carbocycles. The molecule has 0 heterocycles. The van der Waals surface area contributed by atoms with Gasteiger partial charge in [0.25, 0.3) is 10.0 Å². The normalized spacial score (nSPS) is 12.8. The highest BCUT2D eigenvalue weighted by Gasteiger charge is 2.34. The van der Waals surface area contributed by atoms with Crippen molar-refractivity contribution >= 4 is 16.0 Å². The Kier molecular flexibility index (Phi) is 5.69. The number of nitrogens with zero attached hydrogens (tertiary/aromatic N) is 1. The topological polar surface area (TPSA) is 63.7 Å². The molecule has 0 fully saturated rings. The zero-order valence-electron chi connectivity index (χ0n) is 13.3. The smallest absolute Gasteiger partial charge is 0.302 e. The van der Waals surface area contributed by atoms with E-state index in [1.165, 1.54) is 19.1 Å². The third kappa shape index (κ3) is 4.18. The fourth-order valence-electron chi connectivity index (χ4n) is 2.12. The van der Waals surface area contributed by atoms with Crippen LogP contribution in [0.5, 0.6) is 0 Å². The van der Waals surface area contributed by atoms with Crippen LogP contribution < -0.4 is 0 Å². The molecule has 1 atom stereocenters. The molecule has 7 heteroatoms. The van der Waals surface area contributed by atoms with Crippen molar-refractivity contribution in [2.75, 3.05) is 6.61 Å². The van der Waals surface area contributed by atoms with E-state index in [1.807, 2.05) is 0 Å². The maximum Gasteiger partial charge on any atom is 0.302 e. The predicted octanol–water partition coefficient (Wildman–Crippen LogP) is 3.17. The van der Waals surface area contributed by atoms with E-state index in [2.05, 4.69) is 0 Å². The van der Waals surface area contributed by atoms with Crippen LogP contribution in [0.25, 0.3) is 0 Å². The molecule has 24 heavy (non-hydrogen) atoms. The molecule has 0 N–H and O–H groups in total. The Morgan fingerprint density at radius 2 is 1.71 bits per heavy atom.